The normalized spacial score (nSPS) is 10.8. The molecule has 0 aliphatic heterocycles. The summed E-state index contributed by atoms with van der Waals surface area (Å²) in [6.45, 7) is 0. The molecular weight excluding hydrogens is 279 g/mol. The Hall–Kier alpha value is -2.64. The fourth-order valence-electron chi connectivity index (χ4n) is 1.47. The third-order valence-corrected chi connectivity index (χ3v) is 2.45. The van der Waals surface area contributed by atoms with E-state index in [0.29, 0.717) is 5.69 Å². The lowest BCUT2D eigenvalue weighted by molar-refractivity contribution is 0.149. The van der Waals surface area contributed by atoms with Crippen LogP contribution in [0.4, 0.5) is 19.7 Å². The monoisotopic (exact) mass is 296 g/mol. The molecule has 0 fully saturated rings. The minimum atomic E-state index is -0.693. The van der Waals surface area contributed by atoms with Crippen molar-refractivity contribution in [3.63, 3.8) is 0 Å². The maximum Gasteiger partial charge on any atom is 0.416 e. The summed E-state index contributed by atoms with van der Waals surface area (Å²) in [7, 11) is 5.91. The number of urea groups is 1. The van der Waals surface area contributed by atoms with E-state index in [9.17, 15) is 14.0 Å². The number of anilines is 1. The largest absolute Gasteiger partial charge is 0.452 e. The Kier molecular flexibility index (Phi) is 5.65. The first-order valence-electron chi connectivity index (χ1n) is 5.99. The van der Waals surface area contributed by atoms with Gasteiger partial charge < -0.3 is 15.0 Å². The molecule has 0 aliphatic rings. The molecular formula is C13H17FN4O3. The number of nitrogens with zero attached hydrogens (tertiary/aromatic N) is 3. The molecule has 114 valence electrons. The first kappa shape index (κ1) is 16.4. The van der Waals surface area contributed by atoms with Crippen LogP contribution in [0.2, 0.25) is 0 Å². The van der Waals surface area contributed by atoms with Crippen LogP contribution < -0.4 is 5.32 Å². The summed E-state index contributed by atoms with van der Waals surface area (Å²) in [5, 5.41) is 2.47. The van der Waals surface area contributed by atoms with Gasteiger partial charge >= 0.3 is 12.1 Å². The van der Waals surface area contributed by atoms with Crippen molar-refractivity contribution < 1.29 is 18.7 Å². The zero-order chi connectivity index (χ0) is 16.0. The lowest BCUT2D eigenvalue weighted by atomic mass is 10.3. The molecule has 8 heteroatoms. The van der Waals surface area contributed by atoms with E-state index >= 15 is 0 Å². The van der Waals surface area contributed by atoms with Crippen molar-refractivity contribution in [1.82, 2.24) is 9.80 Å². The van der Waals surface area contributed by atoms with Crippen LogP contribution in [0.15, 0.2) is 29.3 Å². The highest BCUT2D eigenvalue weighted by atomic mass is 19.1. The summed E-state index contributed by atoms with van der Waals surface area (Å²) < 4.78 is 17.3. The SMILES string of the molecule is COC(=O)N(C)/C(=N/C(=O)Nc1ccc(F)cc1)N(C)C. The van der Waals surface area contributed by atoms with Gasteiger partial charge in [0.25, 0.3) is 0 Å². The van der Waals surface area contributed by atoms with Gasteiger partial charge in [0, 0.05) is 26.8 Å². The van der Waals surface area contributed by atoms with Gasteiger partial charge in [-0.25, -0.2) is 14.0 Å². The molecule has 1 rings (SSSR count). The summed E-state index contributed by atoms with van der Waals surface area (Å²) in [6.07, 6.45) is -0.656. The Bertz CT molecular complexity index is 543. The zero-order valence-corrected chi connectivity index (χ0v) is 12.3. The quantitative estimate of drug-likeness (QED) is 0.635. The maximum absolute atomic E-state index is 12.8. The fourth-order valence-corrected chi connectivity index (χ4v) is 1.47. The number of rotatable bonds is 1. The molecule has 0 heterocycles. The van der Waals surface area contributed by atoms with Crippen LogP contribution in [-0.2, 0) is 4.74 Å². The van der Waals surface area contributed by atoms with E-state index in [4.69, 9.17) is 0 Å². The number of benzene rings is 1. The lowest BCUT2D eigenvalue weighted by Gasteiger charge is -2.23. The Morgan fingerprint density at radius 1 is 1.19 bits per heavy atom. The Labute approximate surface area is 122 Å². The lowest BCUT2D eigenvalue weighted by Crippen LogP contribution is -2.42. The highest BCUT2D eigenvalue weighted by molar-refractivity contribution is 6.03. The standard InChI is InChI=1S/C13H17FN4O3/c1-17(2)12(18(3)13(20)21-4)16-11(19)15-10-7-5-9(14)6-8-10/h5-8H,1-4H3,(H,15,19)/b16-12+. The number of carbonyl (C=O) groups excluding carboxylic acids is 2. The third kappa shape index (κ3) is 4.75. The van der Waals surface area contributed by atoms with E-state index in [0.717, 1.165) is 4.90 Å². The van der Waals surface area contributed by atoms with Crippen molar-refractivity contribution in [2.24, 2.45) is 4.99 Å². The van der Waals surface area contributed by atoms with Gasteiger partial charge in [-0.15, -0.1) is 0 Å². The summed E-state index contributed by atoms with van der Waals surface area (Å²) in [5.74, 6) is -0.308. The van der Waals surface area contributed by atoms with E-state index in [1.165, 1.54) is 43.3 Å². The van der Waals surface area contributed by atoms with E-state index in [1.54, 1.807) is 14.1 Å². The van der Waals surface area contributed by atoms with Crippen LogP contribution in [0.3, 0.4) is 0 Å². The average molecular weight is 296 g/mol. The predicted molar refractivity (Wildman–Crippen MR) is 76.7 cm³/mol. The summed E-state index contributed by atoms with van der Waals surface area (Å²) in [5.41, 5.74) is 0.393. The fraction of sp³-hybridized carbons (Fsp3) is 0.308. The first-order valence-corrected chi connectivity index (χ1v) is 5.99. The van der Waals surface area contributed by atoms with Crippen LogP contribution in [0, 0.1) is 5.82 Å². The molecule has 1 N–H and O–H groups in total. The Balaban J connectivity index is 2.87. The van der Waals surface area contributed by atoms with Gasteiger partial charge in [-0.1, -0.05) is 0 Å². The van der Waals surface area contributed by atoms with E-state index < -0.39 is 17.9 Å². The van der Waals surface area contributed by atoms with Crippen LogP contribution in [0.5, 0.6) is 0 Å². The average Bonchev–Trinajstić information content (AvgIpc) is 2.45. The van der Waals surface area contributed by atoms with Crippen molar-refractivity contribution in [2.45, 2.75) is 0 Å². The number of carbonyl (C=O) groups is 2. The molecule has 1 aromatic rings. The van der Waals surface area contributed by atoms with Gasteiger partial charge in [-0.2, -0.15) is 4.99 Å². The number of hydrogen-bond donors (Lipinski definition) is 1. The van der Waals surface area contributed by atoms with Crippen molar-refractivity contribution in [1.29, 1.82) is 0 Å². The predicted octanol–water partition coefficient (Wildman–Crippen LogP) is 1.97. The maximum atomic E-state index is 12.8. The second-order valence-corrected chi connectivity index (χ2v) is 4.27. The highest BCUT2D eigenvalue weighted by Crippen LogP contribution is 2.08. The molecule has 7 nitrogen and oxygen atoms in total. The van der Waals surface area contributed by atoms with Crippen LogP contribution in [-0.4, -0.2) is 56.1 Å². The van der Waals surface area contributed by atoms with Gasteiger partial charge in [0.2, 0.25) is 5.96 Å². The molecule has 0 aliphatic carbocycles. The molecule has 21 heavy (non-hydrogen) atoms. The molecule has 0 spiro atoms. The summed E-state index contributed by atoms with van der Waals surface area (Å²) in [4.78, 5) is 29.6. The van der Waals surface area contributed by atoms with Gasteiger partial charge in [0.15, 0.2) is 0 Å². The van der Waals surface area contributed by atoms with E-state index in [-0.39, 0.29) is 5.96 Å². The molecule has 0 saturated heterocycles. The summed E-state index contributed by atoms with van der Waals surface area (Å²) >= 11 is 0. The van der Waals surface area contributed by atoms with Crippen molar-refractivity contribution in [3.05, 3.63) is 30.1 Å². The Morgan fingerprint density at radius 3 is 2.24 bits per heavy atom. The second-order valence-electron chi connectivity index (χ2n) is 4.27. The molecule has 0 saturated carbocycles. The van der Waals surface area contributed by atoms with Crippen molar-refractivity contribution in [2.75, 3.05) is 33.6 Å². The number of hydrogen-bond acceptors (Lipinski definition) is 3. The second kappa shape index (κ2) is 7.22. The summed E-state index contributed by atoms with van der Waals surface area (Å²) in [6, 6.07) is 4.55. The van der Waals surface area contributed by atoms with Crippen LogP contribution >= 0.6 is 0 Å². The smallest absolute Gasteiger partial charge is 0.416 e. The van der Waals surface area contributed by atoms with E-state index in [1.807, 2.05) is 0 Å². The number of methoxy groups -OCH3 is 1. The number of halogens is 1. The molecule has 0 unspecified atom stereocenters. The first-order chi connectivity index (χ1) is 9.85. The number of nitrogens with one attached hydrogen (secondary N) is 1. The van der Waals surface area contributed by atoms with Crippen LogP contribution in [0.25, 0.3) is 0 Å². The zero-order valence-electron chi connectivity index (χ0n) is 12.3. The number of ether oxygens (including phenoxy) is 1. The highest BCUT2D eigenvalue weighted by Gasteiger charge is 2.18. The van der Waals surface area contributed by atoms with Crippen molar-refractivity contribution in [3.8, 4) is 0 Å². The minimum absolute atomic E-state index is 0.0986. The molecule has 0 bridgehead atoms. The van der Waals surface area contributed by atoms with Gasteiger partial charge in [-0.05, 0) is 24.3 Å². The molecule has 0 radical (unpaired) electrons. The molecule has 1 aromatic carbocycles. The van der Waals surface area contributed by atoms with Crippen LogP contribution in [0.1, 0.15) is 0 Å². The third-order valence-electron chi connectivity index (χ3n) is 2.45. The topological polar surface area (TPSA) is 74.2 Å². The van der Waals surface area contributed by atoms with Gasteiger partial charge in [0.05, 0.1) is 7.11 Å². The van der Waals surface area contributed by atoms with Gasteiger partial charge in [-0.3, -0.25) is 4.90 Å². The number of amides is 3. The molecule has 0 aromatic heterocycles. The molecule has 3 amide bonds. The minimum Gasteiger partial charge on any atom is -0.452 e. The Morgan fingerprint density at radius 2 is 1.76 bits per heavy atom. The number of aliphatic imine (C=N–C) groups is 1. The van der Waals surface area contributed by atoms with Gasteiger partial charge in [0.1, 0.15) is 5.82 Å². The molecule has 0 atom stereocenters. The number of guanidine groups is 1. The van der Waals surface area contributed by atoms with E-state index in [2.05, 4.69) is 15.0 Å². The van der Waals surface area contributed by atoms with Crippen molar-refractivity contribution >= 4 is 23.8 Å².